The first kappa shape index (κ1) is 13.9. The molecule has 0 aliphatic carbocycles. The largest absolute Gasteiger partial charge is 0.457 e. The number of rotatable bonds is 3. The van der Waals surface area contributed by atoms with E-state index in [1.165, 1.54) is 0 Å². The fraction of sp³-hybridized carbons (Fsp3) is 0.111. The van der Waals surface area contributed by atoms with Crippen LogP contribution >= 0.6 is 11.6 Å². The number of benzene rings is 3. The van der Waals surface area contributed by atoms with Gasteiger partial charge in [-0.3, -0.25) is 0 Å². The Morgan fingerprint density at radius 1 is 0.952 bits per heavy atom. The molecule has 0 aliphatic rings. The minimum absolute atomic E-state index is 0.0180. The highest BCUT2D eigenvalue weighted by Gasteiger charge is 2.07. The van der Waals surface area contributed by atoms with Gasteiger partial charge in [0.05, 0.1) is 0 Å². The van der Waals surface area contributed by atoms with Gasteiger partial charge in [0, 0.05) is 21.8 Å². The summed E-state index contributed by atoms with van der Waals surface area (Å²) in [5.41, 5.74) is 6.96. The second-order valence-corrected chi connectivity index (χ2v) is 5.46. The Bertz CT molecular complexity index is 783. The van der Waals surface area contributed by atoms with Crippen LogP contribution in [-0.2, 0) is 0 Å². The van der Waals surface area contributed by atoms with Crippen LogP contribution in [0.25, 0.3) is 10.8 Å². The lowest BCUT2D eigenvalue weighted by atomic mass is 10.1. The highest BCUT2D eigenvalue weighted by molar-refractivity contribution is 6.35. The zero-order chi connectivity index (χ0) is 14.8. The fourth-order valence-corrected chi connectivity index (χ4v) is 2.54. The fourth-order valence-electron chi connectivity index (χ4n) is 2.31. The third-order valence-electron chi connectivity index (χ3n) is 3.44. The van der Waals surface area contributed by atoms with Crippen LogP contribution in [0.15, 0.2) is 60.7 Å². The Balaban J connectivity index is 2.02. The molecule has 2 N–H and O–H groups in total. The maximum absolute atomic E-state index is 6.23. The molecule has 0 aromatic heterocycles. The van der Waals surface area contributed by atoms with Crippen LogP contribution in [0.3, 0.4) is 0 Å². The Hall–Kier alpha value is -2.03. The molecule has 0 heterocycles. The van der Waals surface area contributed by atoms with Gasteiger partial charge >= 0.3 is 0 Å². The van der Waals surface area contributed by atoms with E-state index in [-0.39, 0.29) is 6.04 Å². The monoisotopic (exact) mass is 297 g/mol. The van der Waals surface area contributed by atoms with Gasteiger partial charge in [-0.15, -0.1) is 0 Å². The molecule has 0 radical (unpaired) electrons. The number of halogens is 1. The Kier molecular flexibility index (Phi) is 3.82. The molecule has 0 fully saturated rings. The van der Waals surface area contributed by atoms with Crippen LogP contribution in [-0.4, -0.2) is 0 Å². The summed E-state index contributed by atoms with van der Waals surface area (Å²) in [6.07, 6.45) is 0. The molecule has 0 bridgehead atoms. The molecule has 3 aromatic rings. The van der Waals surface area contributed by atoms with Gasteiger partial charge in [-0.25, -0.2) is 0 Å². The lowest BCUT2D eigenvalue weighted by Crippen LogP contribution is -2.04. The van der Waals surface area contributed by atoms with E-state index in [1.807, 2.05) is 67.6 Å². The minimum Gasteiger partial charge on any atom is -0.457 e. The summed E-state index contributed by atoms with van der Waals surface area (Å²) in [4.78, 5) is 0. The van der Waals surface area contributed by atoms with E-state index >= 15 is 0 Å². The number of hydrogen-bond donors (Lipinski definition) is 1. The van der Waals surface area contributed by atoms with Crippen molar-refractivity contribution in [1.29, 1.82) is 0 Å². The van der Waals surface area contributed by atoms with Gasteiger partial charge in [-0.05, 0) is 36.8 Å². The minimum atomic E-state index is -0.0180. The first-order valence-electron chi connectivity index (χ1n) is 6.86. The van der Waals surface area contributed by atoms with Crippen LogP contribution < -0.4 is 10.5 Å². The molecule has 21 heavy (non-hydrogen) atoms. The third kappa shape index (κ3) is 2.87. The molecule has 3 rings (SSSR count). The van der Waals surface area contributed by atoms with Crippen molar-refractivity contribution >= 4 is 22.4 Å². The molecule has 0 saturated heterocycles. The molecule has 1 atom stereocenters. The van der Waals surface area contributed by atoms with Crippen LogP contribution in [0, 0.1) is 0 Å². The molecule has 0 aliphatic heterocycles. The van der Waals surface area contributed by atoms with Crippen LogP contribution in [0.5, 0.6) is 11.5 Å². The van der Waals surface area contributed by atoms with E-state index in [0.29, 0.717) is 0 Å². The predicted molar refractivity (Wildman–Crippen MR) is 88.1 cm³/mol. The number of nitrogens with two attached hydrogens (primary N) is 1. The van der Waals surface area contributed by atoms with E-state index < -0.39 is 0 Å². The molecule has 3 aromatic carbocycles. The normalized spacial score (nSPS) is 12.3. The van der Waals surface area contributed by atoms with Gasteiger partial charge in [0.1, 0.15) is 11.5 Å². The molecule has 0 amide bonds. The van der Waals surface area contributed by atoms with Gasteiger partial charge in [0.15, 0.2) is 0 Å². The molecule has 1 unspecified atom stereocenters. The highest BCUT2D eigenvalue weighted by Crippen LogP contribution is 2.34. The maximum atomic E-state index is 6.23. The number of fused-ring (bicyclic) bond motifs is 1. The lowest BCUT2D eigenvalue weighted by Gasteiger charge is -2.12. The predicted octanol–water partition coefficient (Wildman–Crippen LogP) is 5.31. The Morgan fingerprint density at radius 2 is 1.71 bits per heavy atom. The van der Waals surface area contributed by atoms with Gasteiger partial charge in [0.25, 0.3) is 0 Å². The summed E-state index contributed by atoms with van der Waals surface area (Å²) >= 11 is 6.23. The van der Waals surface area contributed by atoms with Crippen molar-refractivity contribution in [2.75, 3.05) is 0 Å². The lowest BCUT2D eigenvalue weighted by molar-refractivity contribution is 0.487. The third-order valence-corrected chi connectivity index (χ3v) is 3.77. The summed E-state index contributed by atoms with van der Waals surface area (Å²) in [6.45, 7) is 1.96. The van der Waals surface area contributed by atoms with Crippen LogP contribution in [0.4, 0.5) is 0 Å². The Morgan fingerprint density at radius 3 is 2.48 bits per heavy atom. The summed E-state index contributed by atoms with van der Waals surface area (Å²) in [6, 6.07) is 19.5. The second kappa shape index (κ2) is 5.76. The highest BCUT2D eigenvalue weighted by atomic mass is 35.5. The quantitative estimate of drug-likeness (QED) is 0.711. The van der Waals surface area contributed by atoms with Gasteiger partial charge in [-0.1, -0.05) is 48.0 Å². The molecular weight excluding hydrogens is 282 g/mol. The first-order valence-corrected chi connectivity index (χ1v) is 7.23. The standard InChI is InChI=1S/C18H16ClNO/c1-12(20)13-5-4-6-14(11-13)21-18-10-9-17(19)15-7-2-3-8-16(15)18/h2-12H,20H2,1H3. The molecule has 3 heteroatoms. The van der Waals surface area contributed by atoms with E-state index in [4.69, 9.17) is 22.1 Å². The maximum Gasteiger partial charge on any atom is 0.135 e. The van der Waals surface area contributed by atoms with E-state index in [1.54, 1.807) is 0 Å². The SMILES string of the molecule is CC(N)c1cccc(Oc2ccc(Cl)c3ccccc23)c1. The van der Waals surface area contributed by atoms with E-state index in [0.717, 1.165) is 32.9 Å². The van der Waals surface area contributed by atoms with E-state index in [2.05, 4.69) is 0 Å². The van der Waals surface area contributed by atoms with Gasteiger partial charge in [-0.2, -0.15) is 0 Å². The molecular formula is C18H16ClNO. The van der Waals surface area contributed by atoms with E-state index in [9.17, 15) is 0 Å². The zero-order valence-corrected chi connectivity index (χ0v) is 12.5. The molecule has 2 nitrogen and oxygen atoms in total. The first-order chi connectivity index (χ1) is 10.1. The van der Waals surface area contributed by atoms with Crippen molar-refractivity contribution in [2.24, 2.45) is 5.73 Å². The second-order valence-electron chi connectivity index (χ2n) is 5.05. The summed E-state index contributed by atoms with van der Waals surface area (Å²) in [5.74, 6) is 1.56. The summed E-state index contributed by atoms with van der Waals surface area (Å²) < 4.78 is 6.02. The van der Waals surface area contributed by atoms with Crippen molar-refractivity contribution in [1.82, 2.24) is 0 Å². The van der Waals surface area contributed by atoms with Crippen LogP contribution in [0.1, 0.15) is 18.5 Å². The topological polar surface area (TPSA) is 35.2 Å². The average molecular weight is 298 g/mol. The van der Waals surface area contributed by atoms with Crippen molar-refractivity contribution in [2.45, 2.75) is 13.0 Å². The zero-order valence-electron chi connectivity index (χ0n) is 11.7. The van der Waals surface area contributed by atoms with Crippen LogP contribution in [0.2, 0.25) is 5.02 Å². The molecule has 0 saturated carbocycles. The summed E-state index contributed by atoms with van der Waals surface area (Å²) in [5, 5.41) is 2.71. The molecule has 0 spiro atoms. The Labute approximate surface area is 129 Å². The molecule has 106 valence electrons. The van der Waals surface area contributed by atoms with Crippen molar-refractivity contribution in [3.05, 3.63) is 71.2 Å². The number of ether oxygens (including phenoxy) is 1. The average Bonchev–Trinajstić information content (AvgIpc) is 2.51. The summed E-state index contributed by atoms with van der Waals surface area (Å²) in [7, 11) is 0. The van der Waals surface area contributed by atoms with Crippen molar-refractivity contribution in [3.8, 4) is 11.5 Å². The van der Waals surface area contributed by atoms with Crippen molar-refractivity contribution < 1.29 is 4.74 Å². The van der Waals surface area contributed by atoms with Crippen molar-refractivity contribution in [3.63, 3.8) is 0 Å². The number of hydrogen-bond acceptors (Lipinski definition) is 2. The van der Waals surface area contributed by atoms with Gasteiger partial charge in [0.2, 0.25) is 0 Å². The van der Waals surface area contributed by atoms with Gasteiger partial charge < -0.3 is 10.5 Å². The smallest absolute Gasteiger partial charge is 0.135 e.